The van der Waals surface area contributed by atoms with E-state index in [-0.39, 0.29) is 24.1 Å². The maximum Gasteiger partial charge on any atom is 0.271 e. The number of hydrogen-bond acceptors (Lipinski definition) is 3. The Kier molecular flexibility index (Phi) is 2.61. The summed E-state index contributed by atoms with van der Waals surface area (Å²) in [7, 11) is 0. The number of aliphatic hydroxyl groups is 1. The number of nitrogens with zero attached hydrogens (tertiary/aromatic N) is 2. The van der Waals surface area contributed by atoms with Crippen molar-refractivity contribution < 1.29 is 9.90 Å². The van der Waals surface area contributed by atoms with Crippen molar-refractivity contribution in [1.29, 1.82) is 0 Å². The predicted molar refractivity (Wildman–Crippen MR) is 75.3 cm³/mol. The molecule has 1 aliphatic carbocycles. The standard InChI is InChI=1S/C15H21N3O2/c16-9-5-14(17(8-9)10-1-2-10)15(20)18-11-3-4-12(18)7-13(19)6-11/h5,8,10-13,19H,1-4,6-7,16H2. The lowest BCUT2D eigenvalue weighted by Crippen LogP contribution is -2.48. The second kappa shape index (κ2) is 4.25. The molecule has 1 saturated carbocycles. The van der Waals surface area contributed by atoms with E-state index in [9.17, 15) is 9.90 Å². The van der Waals surface area contributed by atoms with E-state index in [0.717, 1.165) is 44.2 Å². The lowest BCUT2D eigenvalue weighted by Gasteiger charge is -2.37. The number of aromatic nitrogens is 1. The van der Waals surface area contributed by atoms with E-state index in [4.69, 9.17) is 5.73 Å². The first-order chi connectivity index (χ1) is 9.63. The summed E-state index contributed by atoms with van der Waals surface area (Å²) in [4.78, 5) is 14.9. The molecule has 1 aromatic rings. The number of piperidine rings is 1. The van der Waals surface area contributed by atoms with Crippen LogP contribution in [0.2, 0.25) is 0 Å². The van der Waals surface area contributed by atoms with E-state index >= 15 is 0 Å². The molecule has 2 bridgehead atoms. The summed E-state index contributed by atoms with van der Waals surface area (Å²) in [6.07, 6.45) is 7.42. The average Bonchev–Trinajstić information content (AvgIpc) is 3.12. The molecule has 2 saturated heterocycles. The van der Waals surface area contributed by atoms with Gasteiger partial charge in [0.1, 0.15) is 5.69 Å². The van der Waals surface area contributed by atoms with Gasteiger partial charge in [0.15, 0.2) is 0 Å². The number of aliphatic hydroxyl groups excluding tert-OH is 1. The maximum atomic E-state index is 12.9. The zero-order valence-corrected chi connectivity index (χ0v) is 11.5. The van der Waals surface area contributed by atoms with Crippen LogP contribution in [0.1, 0.15) is 55.1 Å². The van der Waals surface area contributed by atoms with Crippen LogP contribution in [0.5, 0.6) is 0 Å². The van der Waals surface area contributed by atoms with Crippen LogP contribution in [0.3, 0.4) is 0 Å². The monoisotopic (exact) mass is 275 g/mol. The smallest absolute Gasteiger partial charge is 0.271 e. The number of carbonyl (C=O) groups excluding carboxylic acids is 1. The Balaban J connectivity index is 1.64. The van der Waals surface area contributed by atoms with Crippen molar-refractivity contribution in [3.8, 4) is 0 Å². The molecule has 5 nitrogen and oxygen atoms in total. The lowest BCUT2D eigenvalue weighted by molar-refractivity contribution is 0.0279. The molecule has 0 radical (unpaired) electrons. The first-order valence-corrected chi connectivity index (χ1v) is 7.61. The highest BCUT2D eigenvalue weighted by atomic mass is 16.3. The van der Waals surface area contributed by atoms with E-state index in [2.05, 4.69) is 4.57 Å². The Morgan fingerprint density at radius 1 is 1.15 bits per heavy atom. The molecule has 0 aromatic carbocycles. The highest BCUT2D eigenvalue weighted by Gasteiger charge is 2.44. The zero-order chi connectivity index (χ0) is 13.9. The number of amides is 1. The summed E-state index contributed by atoms with van der Waals surface area (Å²) in [6.45, 7) is 0. The van der Waals surface area contributed by atoms with Gasteiger partial charge in [-0.05, 0) is 44.6 Å². The van der Waals surface area contributed by atoms with Gasteiger partial charge in [-0.25, -0.2) is 0 Å². The summed E-state index contributed by atoms with van der Waals surface area (Å²) in [5.74, 6) is 0.105. The normalized spacial score (nSPS) is 32.6. The highest BCUT2D eigenvalue weighted by molar-refractivity contribution is 5.94. The van der Waals surface area contributed by atoms with Crippen LogP contribution in [0.25, 0.3) is 0 Å². The molecule has 108 valence electrons. The third-order valence-corrected chi connectivity index (χ3v) is 4.97. The second-order valence-corrected chi connectivity index (χ2v) is 6.52. The van der Waals surface area contributed by atoms with Crippen molar-refractivity contribution in [3.63, 3.8) is 0 Å². The fourth-order valence-electron chi connectivity index (χ4n) is 3.94. The fourth-order valence-corrected chi connectivity index (χ4v) is 3.94. The number of anilines is 1. The minimum absolute atomic E-state index is 0.105. The molecule has 4 rings (SSSR count). The molecule has 3 heterocycles. The summed E-state index contributed by atoms with van der Waals surface area (Å²) in [5.41, 5.74) is 7.29. The van der Waals surface area contributed by atoms with Gasteiger partial charge in [0.25, 0.3) is 5.91 Å². The largest absolute Gasteiger partial charge is 0.397 e. The Morgan fingerprint density at radius 2 is 1.75 bits per heavy atom. The van der Waals surface area contributed by atoms with Crippen LogP contribution in [-0.2, 0) is 0 Å². The second-order valence-electron chi connectivity index (χ2n) is 6.52. The summed E-state index contributed by atoms with van der Waals surface area (Å²) in [5, 5.41) is 9.85. The third kappa shape index (κ3) is 1.84. The van der Waals surface area contributed by atoms with Crippen LogP contribution >= 0.6 is 0 Å². The average molecular weight is 275 g/mol. The third-order valence-electron chi connectivity index (χ3n) is 4.97. The molecule has 2 atom stereocenters. The number of rotatable bonds is 2. The van der Waals surface area contributed by atoms with Crippen molar-refractivity contribution in [1.82, 2.24) is 9.47 Å². The van der Waals surface area contributed by atoms with Crippen molar-refractivity contribution in [2.24, 2.45) is 0 Å². The Labute approximate surface area is 118 Å². The Bertz CT molecular complexity index is 535. The fraction of sp³-hybridized carbons (Fsp3) is 0.667. The first-order valence-electron chi connectivity index (χ1n) is 7.61. The minimum atomic E-state index is -0.239. The van der Waals surface area contributed by atoms with Crippen molar-refractivity contribution >= 4 is 11.6 Å². The number of carbonyl (C=O) groups is 1. The molecule has 3 N–H and O–H groups in total. The maximum absolute atomic E-state index is 12.9. The Morgan fingerprint density at radius 3 is 2.35 bits per heavy atom. The van der Waals surface area contributed by atoms with E-state index in [1.54, 1.807) is 0 Å². The lowest BCUT2D eigenvalue weighted by atomic mass is 9.99. The van der Waals surface area contributed by atoms with Gasteiger partial charge in [-0.1, -0.05) is 0 Å². The molecule has 2 unspecified atom stereocenters. The van der Waals surface area contributed by atoms with Gasteiger partial charge < -0.3 is 20.3 Å². The zero-order valence-electron chi connectivity index (χ0n) is 11.5. The molecular weight excluding hydrogens is 254 g/mol. The van der Waals surface area contributed by atoms with Gasteiger partial charge >= 0.3 is 0 Å². The van der Waals surface area contributed by atoms with E-state index in [0.29, 0.717) is 11.7 Å². The van der Waals surface area contributed by atoms with Crippen LogP contribution in [0.15, 0.2) is 12.3 Å². The molecular formula is C15H21N3O2. The molecule has 20 heavy (non-hydrogen) atoms. The molecule has 3 fully saturated rings. The van der Waals surface area contributed by atoms with E-state index in [1.807, 2.05) is 17.2 Å². The molecule has 3 aliphatic rings. The SMILES string of the molecule is Nc1cc(C(=O)N2C3CCC2CC(O)C3)n(C2CC2)c1. The molecule has 2 aliphatic heterocycles. The van der Waals surface area contributed by atoms with Gasteiger partial charge in [-0.2, -0.15) is 0 Å². The highest BCUT2D eigenvalue weighted by Crippen LogP contribution is 2.40. The molecule has 1 aromatic heterocycles. The van der Waals surface area contributed by atoms with Gasteiger partial charge in [0.2, 0.25) is 0 Å². The number of nitrogens with two attached hydrogens (primary N) is 1. The van der Waals surface area contributed by atoms with Crippen LogP contribution in [-0.4, -0.2) is 38.7 Å². The van der Waals surface area contributed by atoms with Crippen LogP contribution in [0.4, 0.5) is 5.69 Å². The van der Waals surface area contributed by atoms with Crippen molar-refractivity contribution in [2.75, 3.05) is 5.73 Å². The minimum Gasteiger partial charge on any atom is -0.397 e. The molecule has 1 amide bonds. The van der Waals surface area contributed by atoms with Crippen molar-refractivity contribution in [3.05, 3.63) is 18.0 Å². The van der Waals surface area contributed by atoms with E-state index < -0.39 is 0 Å². The summed E-state index contributed by atoms with van der Waals surface area (Å²) in [6, 6.07) is 2.69. The molecule has 0 spiro atoms. The van der Waals surface area contributed by atoms with Gasteiger partial charge in [-0.15, -0.1) is 0 Å². The predicted octanol–water partition coefficient (Wildman–Crippen LogP) is 1.53. The first kappa shape index (κ1) is 12.3. The molecule has 5 heteroatoms. The topological polar surface area (TPSA) is 71.5 Å². The summed E-state index contributed by atoms with van der Waals surface area (Å²) < 4.78 is 2.06. The Hall–Kier alpha value is -1.49. The number of nitrogen functional groups attached to an aromatic ring is 1. The van der Waals surface area contributed by atoms with Gasteiger partial charge in [0.05, 0.1) is 11.8 Å². The van der Waals surface area contributed by atoms with Gasteiger partial charge in [-0.3, -0.25) is 4.79 Å². The summed E-state index contributed by atoms with van der Waals surface area (Å²) >= 11 is 0. The number of hydrogen-bond donors (Lipinski definition) is 2. The van der Waals surface area contributed by atoms with Crippen LogP contribution < -0.4 is 5.73 Å². The van der Waals surface area contributed by atoms with Crippen LogP contribution in [0, 0.1) is 0 Å². The van der Waals surface area contributed by atoms with Gasteiger partial charge in [0, 0.05) is 24.3 Å². The van der Waals surface area contributed by atoms with E-state index in [1.165, 1.54) is 0 Å². The quantitative estimate of drug-likeness (QED) is 0.860. The number of fused-ring (bicyclic) bond motifs is 2. The van der Waals surface area contributed by atoms with Crippen molar-refractivity contribution in [2.45, 2.75) is 62.8 Å².